The largest absolute Gasteiger partial charge is 0.495 e. The SMILES string of the molecule is CCc1ccc(OC)c(S(=O)(=O)Nc2ccc(F)c(I)c2F)c1. The first-order chi connectivity index (χ1) is 10.8. The Balaban J connectivity index is 2.50. The molecule has 0 aliphatic heterocycles. The number of halogens is 3. The molecule has 0 atom stereocenters. The molecule has 0 bridgehead atoms. The van der Waals surface area contributed by atoms with Crippen molar-refractivity contribution in [3.63, 3.8) is 0 Å². The summed E-state index contributed by atoms with van der Waals surface area (Å²) in [7, 11) is -2.73. The van der Waals surface area contributed by atoms with Crippen LogP contribution in [0.4, 0.5) is 14.5 Å². The van der Waals surface area contributed by atoms with Gasteiger partial charge in [-0.2, -0.15) is 0 Å². The van der Waals surface area contributed by atoms with Crippen molar-refractivity contribution in [3.05, 3.63) is 51.1 Å². The molecule has 2 aromatic carbocycles. The molecule has 0 heterocycles. The molecule has 8 heteroatoms. The van der Waals surface area contributed by atoms with Crippen molar-refractivity contribution in [1.29, 1.82) is 0 Å². The molecule has 124 valence electrons. The highest BCUT2D eigenvalue weighted by molar-refractivity contribution is 14.1. The van der Waals surface area contributed by atoms with Crippen molar-refractivity contribution >= 4 is 38.3 Å². The Bertz CT molecular complexity index is 841. The number of hydrogen-bond donors (Lipinski definition) is 1. The van der Waals surface area contributed by atoms with Crippen molar-refractivity contribution in [2.24, 2.45) is 0 Å². The Morgan fingerprint density at radius 1 is 1.22 bits per heavy atom. The van der Waals surface area contributed by atoms with Crippen molar-refractivity contribution < 1.29 is 21.9 Å². The summed E-state index contributed by atoms with van der Waals surface area (Å²) in [6.45, 7) is 1.88. The fourth-order valence-electron chi connectivity index (χ4n) is 1.96. The van der Waals surface area contributed by atoms with E-state index in [1.165, 1.54) is 41.8 Å². The number of anilines is 1. The molecule has 0 saturated heterocycles. The molecule has 2 aromatic rings. The number of methoxy groups -OCH3 is 1. The molecule has 0 aliphatic rings. The van der Waals surface area contributed by atoms with Gasteiger partial charge in [-0.05, 0) is 58.8 Å². The number of rotatable bonds is 5. The average molecular weight is 453 g/mol. The first-order valence-corrected chi connectivity index (χ1v) is 9.19. The minimum atomic E-state index is -4.08. The molecule has 0 saturated carbocycles. The zero-order valence-electron chi connectivity index (χ0n) is 12.4. The summed E-state index contributed by atoms with van der Waals surface area (Å²) in [5.74, 6) is -1.57. The van der Waals surface area contributed by atoms with Crippen LogP contribution >= 0.6 is 22.6 Å². The zero-order chi connectivity index (χ0) is 17.2. The van der Waals surface area contributed by atoms with Gasteiger partial charge in [-0.3, -0.25) is 4.72 Å². The highest BCUT2D eigenvalue weighted by Crippen LogP contribution is 2.29. The van der Waals surface area contributed by atoms with E-state index in [1.807, 2.05) is 6.92 Å². The number of nitrogens with one attached hydrogen (secondary N) is 1. The van der Waals surface area contributed by atoms with E-state index in [2.05, 4.69) is 4.72 Å². The summed E-state index contributed by atoms with van der Waals surface area (Å²) >= 11 is 1.48. The van der Waals surface area contributed by atoms with Crippen LogP contribution in [0.1, 0.15) is 12.5 Å². The predicted molar refractivity (Wildman–Crippen MR) is 92.3 cm³/mol. The van der Waals surface area contributed by atoms with Crippen LogP contribution in [0.25, 0.3) is 0 Å². The highest BCUT2D eigenvalue weighted by Gasteiger charge is 2.22. The molecule has 23 heavy (non-hydrogen) atoms. The number of ether oxygens (including phenoxy) is 1. The molecule has 0 spiro atoms. The lowest BCUT2D eigenvalue weighted by molar-refractivity contribution is 0.402. The maximum absolute atomic E-state index is 14.0. The fraction of sp³-hybridized carbons (Fsp3) is 0.200. The minimum absolute atomic E-state index is 0.0990. The second kappa shape index (κ2) is 7.00. The van der Waals surface area contributed by atoms with Gasteiger partial charge in [0.15, 0.2) is 5.82 Å². The van der Waals surface area contributed by atoms with Gasteiger partial charge in [0.25, 0.3) is 10.0 Å². The summed E-state index contributed by atoms with van der Waals surface area (Å²) in [6.07, 6.45) is 0.634. The van der Waals surface area contributed by atoms with Gasteiger partial charge < -0.3 is 4.74 Å². The van der Waals surface area contributed by atoms with Crippen LogP contribution in [-0.2, 0) is 16.4 Å². The fourth-order valence-corrected chi connectivity index (χ4v) is 3.71. The molecule has 0 aliphatic carbocycles. The van der Waals surface area contributed by atoms with Crippen LogP contribution in [0.3, 0.4) is 0 Å². The first-order valence-electron chi connectivity index (χ1n) is 6.63. The van der Waals surface area contributed by atoms with Crippen LogP contribution in [0.2, 0.25) is 0 Å². The topological polar surface area (TPSA) is 55.4 Å². The Morgan fingerprint density at radius 3 is 2.52 bits per heavy atom. The molecule has 1 N–H and O–H groups in total. The number of sulfonamides is 1. The van der Waals surface area contributed by atoms with Crippen molar-refractivity contribution in [2.45, 2.75) is 18.2 Å². The molecular weight excluding hydrogens is 439 g/mol. The molecule has 4 nitrogen and oxygen atoms in total. The van der Waals surface area contributed by atoms with Gasteiger partial charge in [-0.25, -0.2) is 17.2 Å². The third-order valence-corrected chi connectivity index (χ3v) is 5.58. The Kier molecular flexibility index (Phi) is 5.45. The summed E-state index contributed by atoms with van der Waals surface area (Å²) in [4.78, 5) is -0.0990. The zero-order valence-corrected chi connectivity index (χ0v) is 15.3. The smallest absolute Gasteiger partial charge is 0.265 e. The minimum Gasteiger partial charge on any atom is -0.495 e. The van der Waals surface area contributed by atoms with Gasteiger partial charge in [-0.15, -0.1) is 0 Å². The maximum atomic E-state index is 14.0. The van der Waals surface area contributed by atoms with E-state index in [0.717, 1.165) is 17.7 Å². The molecule has 0 amide bonds. The molecule has 0 unspecified atom stereocenters. The summed E-state index contributed by atoms with van der Waals surface area (Å²) in [6, 6.07) is 6.80. The van der Waals surface area contributed by atoms with Gasteiger partial charge in [0, 0.05) is 0 Å². The monoisotopic (exact) mass is 453 g/mol. The van der Waals surface area contributed by atoms with Gasteiger partial charge >= 0.3 is 0 Å². The Hall–Kier alpha value is -1.42. The van der Waals surface area contributed by atoms with E-state index in [-0.39, 0.29) is 19.9 Å². The van der Waals surface area contributed by atoms with Crippen LogP contribution in [0, 0.1) is 15.2 Å². The first kappa shape index (κ1) is 17.9. The molecule has 0 radical (unpaired) electrons. The third-order valence-electron chi connectivity index (χ3n) is 3.21. The van der Waals surface area contributed by atoms with Crippen LogP contribution < -0.4 is 9.46 Å². The quantitative estimate of drug-likeness (QED) is 0.552. The van der Waals surface area contributed by atoms with Gasteiger partial charge in [0.05, 0.1) is 16.4 Å². The number of hydrogen-bond acceptors (Lipinski definition) is 3. The average Bonchev–Trinajstić information content (AvgIpc) is 2.54. The second-order valence-electron chi connectivity index (χ2n) is 4.67. The Morgan fingerprint density at radius 2 is 1.91 bits per heavy atom. The van der Waals surface area contributed by atoms with E-state index >= 15 is 0 Å². The van der Waals surface area contributed by atoms with Crippen LogP contribution in [0.15, 0.2) is 35.2 Å². The number of benzene rings is 2. The molecule has 2 rings (SSSR count). The van der Waals surface area contributed by atoms with E-state index in [1.54, 1.807) is 6.07 Å². The van der Waals surface area contributed by atoms with Crippen molar-refractivity contribution in [2.75, 3.05) is 11.8 Å². The van der Waals surface area contributed by atoms with Gasteiger partial charge in [0.2, 0.25) is 0 Å². The van der Waals surface area contributed by atoms with Crippen molar-refractivity contribution in [3.8, 4) is 5.75 Å². The third kappa shape index (κ3) is 3.74. The molecule has 0 fully saturated rings. The van der Waals surface area contributed by atoms with Gasteiger partial charge in [-0.1, -0.05) is 13.0 Å². The van der Waals surface area contributed by atoms with Gasteiger partial charge in [0.1, 0.15) is 16.5 Å². The molecular formula is C15H14F2INO3S. The standard InChI is InChI=1S/C15H14F2INO3S/c1-3-9-4-7-12(22-2)13(8-9)23(20,21)19-11-6-5-10(16)15(18)14(11)17/h4-8,19H,3H2,1-2H3. The maximum Gasteiger partial charge on any atom is 0.265 e. The molecule has 0 aromatic heterocycles. The summed E-state index contributed by atoms with van der Waals surface area (Å²) < 4.78 is 59.3. The van der Waals surface area contributed by atoms with E-state index in [0.29, 0.717) is 6.42 Å². The van der Waals surface area contributed by atoms with E-state index in [4.69, 9.17) is 4.74 Å². The van der Waals surface area contributed by atoms with E-state index < -0.39 is 21.7 Å². The number of aryl methyl sites for hydroxylation is 1. The van der Waals surface area contributed by atoms with Crippen LogP contribution in [-0.4, -0.2) is 15.5 Å². The summed E-state index contributed by atoms with van der Waals surface area (Å²) in [5, 5.41) is 0. The van der Waals surface area contributed by atoms with Crippen LogP contribution in [0.5, 0.6) is 5.75 Å². The van der Waals surface area contributed by atoms with Crippen molar-refractivity contribution in [1.82, 2.24) is 0 Å². The normalized spacial score (nSPS) is 11.3. The summed E-state index contributed by atoms with van der Waals surface area (Å²) in [5.41, 5.74) is 0.472. The lowest BCUT2D eigenvalue weighted by Gasteiger charge is -2.13. The lowest BCUT2D eigenvalue weighted by atomic mass is 10.2. The Labute approximate surface area is 147 Å². The second-order valence-corrected chi connectivity index (χ2v) is 7.40. The highest BCUT2D eigenvalue weighted by atomic mass is 127. The van der Waals surface area contributed by atoms with E-state index in [9.17, 15) is 17.2 Å². The lowest BCUT2D eigenvalue weighted by Crippen LogP contribution is -2.16. The predicted octanol–water partition coefficient (Wildman–Crippen LogP) is 3.94.